The van der Waals surface area contributed by atoms with E-state index < -0.39 is 126 Å². The van der Waals surface area contributed by atoms with Gasteiger partial charge < -0.3 is 90.7 Å². The maximum Gasteiger partial charge on any atom is 0.312 e. The van der Waals surface area contributed by atoms with Crippen molar-refractivity contribution >= 4 is 76.1 Å². The van der Waals surface area contributed by atoms with Crippen LogP contribution in [0.3, 0.4) is 0 Å². The Labute approximate surface area is 505 Å². The van der Waals surface area contributed by atoms with Crippen LogP contribution in [0, 0.1) is 17.8 Å². The molecule has 3 aromatic rings. The summed E-state index contributed by atoms with van der Waals surface area (Å²) in [6.45, 7) is 5.28. The number of aliphatic hydroxyl groups is 2. The van der Waals surface area contributed by atoms with Crippen molar-refractivity contribution < 1.29 is 63.3 Å². The van der Waals surface area contributed by atoms with Crippen LogP contribution in [0.2, 0.25) is 0 Å². The van der Waals surface area contributed by atoms with Crippen molar-refractivity contribution in [2.24, 2.45) is 45.7 Å². The van der Waals surface area contributed by atoms with E-state index in [1.54, 1.807) is 30.5 Å². The fourth-order valence-corrected chi connectivity index (χ4v) is 10.8. The number of nitrogens with one attached hydrogen (secondary N) is 9. The van der Waals surface area contributed by atoms with Crippen LogP contribution in [-0.2, 0) is 56.0 Å². The number of nitrogens with zero attached hydrogens (tertiary/aromatic N) is 2. The van der Waals surface area contributed by atoms with Gasteiger partial charge in [-0.1, -0.05) is 88.4 Å². The highest BCUT2D eigenvalue weighted by Crippen LogP contribution is 2.28. The molecule has 0 unspecified atom stereocenters. The third kappa shape index (κ3) is 22.2. The largest absolute Gasteiger partial charge is 0.508 e. The zero-order valence-corrected chi connectivity index (χ0v) is 49.7. The molecule has 28 heteroatoms. The number of aliphatic hydroxyl groups excluding tert-OH is 2. The first kappa shape index (κ1) is 69.0. The number of hydrogen-bond donors (Lipinski definition) is 16. The van der Waals surface area contributed by atoms with E-state index in [0.29, 0.717) is 12.0 Å². The van der Waals surface area contributed by atoms with Crippen molar-refractivity contribution in [1.82, 2.24) is 52.4 Å². The van der Waals surface area contributed by atoms with Gasteiger partial charge in [0.1, 0.15) is 48.0 Å². The average Bonchev–Trinajstić information content (AvgIpc) is 2.14. The second-order valence-corrected chi connectivity index (χ2v) is 22.8. The zero-order chi connectivity index (χ0) is 63.9. The van der Waals surface area contributed by atoms with E-state index >= 15 is 0 Å². The molecule has 1 saturated heterocycles. The highest BCUT2D eigenvalue weighted by Gasteiger charge is 2.43. The van der Waals surface area contributed by atoms with Gasteiger partial charge in [0.15, 0.2) is 5.96 Å². The molecule has 5 rings (SSSR count). The van der Waals surface area contributed by atoms with Crippen molar-refractivity contribution in [2.75, 3.05) is 26.2 Å². The number of aromatic hydroxyl groups is 1. The minimum absolute atomic E-state index is 0.0155. The van der Waals surface area contributed by atoms with Crippen molar-refractivity contribution in [2.45, 2.75) is 159 Å². The van der Waals surface area contributed by atoms with E-state index in [2.05, 4.69) is 52.5 Å². The number of β-amino-alcohol motifs (C(OH)–C–C–N with tert-alkyl or cyclic N) is 1. The first-order chi connectivity index (χ1) is 41.3. The van der Waals surface area contributed by atoms with Crippen LogP contribution in [0.1, 0.15) is 103 Å². The molecule has 0 radical (unpaired) electrons. The summed E-state index contributed by atoms with van der Waals surface area (Å²) in [4.78, 5) is 144. The maximum atomic E-state index is 14.2. The third-order valence-corrected chi connectivity index (χ3v) is 15.2. The molecule has 10 atom stereocenters. The summed E-state index contributed by atoms with van der Waals surface area (Å²) in [6, 6.07) is 2.71. The summed E-state index contributed by atoms with van der Waals surface area (Å²) in [5, 5.41) is 53.0. The quantitative estimate of drug-likeness (QED) is 0.0146. The van der Waals surface area contributed by atoms with E-state index in [4.69, 9.17) is 22.9 Å². The summed E-state index contributed by atoms with van der Waals surface area (Å²) in [5.74, 6) is -7.92. The SMILES string of the molecule is CC(=O)N[C@H](Cc1ccc(O)cc1)C(=O)N1C[C@H](O)C[C@H]1C(=O)N[C@@H](CNC(N)=O)C(=O)N[C@H](C(=O)N[C@@H](CC1CCCCC1)C(=O)NCC=C[C@@H](CC(C)C)C(=O)N[C@@H](CCCN=C(N)N)C(=O)N[C@@H](Cc1c[nH]c2ccccc12)C(N)=O)[C@@H](C)O. The number of benzene rings is 2. The number of aromatic amines is 1. The van der Waals surface area contributed by atoms with Crippen molar-refractivity contribution in [3.05, 3.63) is 78.0 Å². The number of phenolic OH excluding ortho intramolecular Hbond substituents is 1. The minimum Gasteiger partial charge on any atom is -0.508 e. The molecule has 1 aliphatic heterocycles. The summed E-state index contributed by atoms with van der Waals surface area (Å²) in [6.07, 6.45) is 7.01. The highest BCUT2D eigenvalue weighted by atomic mass is 16.3. The predicted molar refractivity (Wildman–Crippen MR) is 322 cm³/mol. The molecule has 1 aromatic heterocycles. The van der Waals surface area contributed by atoms with Gasteiger partial charge >= 0.3 is 6.03 Å². The van der Waals surface area contributed by atoms with Gasteiger partial charge in [-0.05, 0) is 73.8 Å². The lowest BCUT2D eigenvalue weighted by Crippen LogP contribution is -2.62. The Morgan fingerprint density at radius 3 is 2.06 bits per heavy atom. The number of rotatable bonds is 32. The summed E-state index contributed by atoms with van der Waals surface area (Å²) < 4.78 is 0. The van der Waals surface area contributed by atoms with Gasteiger partial charge in [0, 0.05) is 69.5 Å². The Bertz CT molecular complexity index is 2920. The molecule has 2 heterocycles. The number of aliphatic imine (C=N–C) groups is 1. The van der Waals surface area contributed by atoms with Crippen LogP contribution in [0.15, 0.2) is 71.9 Å². The second kappa shape index (κ2) is 33.8. The molecular formula is C59H87N15O13. The van der Waals surface area contributed by atoms with Gasteiger partial charge in [-0.2, -0.15) is 0 Å². The Hall–Kier alpha value is -8.79. The Morgan fingerprint density at radius 1 is 0.747 bits per heavy atom. The highest BCUT2D eigenvalue weighted by molar-refractivity contribution is 5.98. The lowest BCUT2D eigenvalue weighted by molar-refractivity contribution is -0.142. The van der Waals surface area contributed by atoms with Gasteiger partial charge in [0.2, 0.25) is 53.2 Å². The zero-order valence-electron chi connectivity index (χ0n) is 49.7. The summed E-state index contributed by atoms with van der Waals surface area (Å²) in [5.41, 5.74) is 24.3. The van der Waals surface area contributed by atoms with Crippen molar-refractivity contribution in [3.8, 4) is 5.75 Å². The number of hydrogen-bond acceptors (Lipinski definition) is 14. The number of para-hydroxylation sites is 1. The molecule has 476 valence electrons. The smallest absolute Gasteiger partial charge is 0.312 e. The maximum absolute atomic E-state index is 14.2. The molecule has 2 aliphatic rings. The predicted octanol–water partition coefficient (Wildman–Crippen LogP) is -1.56. The molecule has 0 bridgehead atoms. The number of likely N-dealkylation sites (tertiary alicyclic amines) is 1. The molecule has 2 aromatic carbocycles. The number of aromatic nitrogens is 1. The van der Waals surface area contributed by atoms with E-state index in [9.17, 15) is 63.3 Å². The van der Waals surface area contributed by atoms with Gasteiger partial charge in [-0.25, -0.2) is 4.79 Å². The molecule has 11 amide bonds. The number of urea groups is 1. The number of guanidine groups is 1. The lowest BCUT2D eigenvalue weighted by atomic mass is 9.84. The number of carbonyl (C=O) groups is 10. The standard InChI is InChI=1S/C59H87N15O13/c1-32(2)24-37(51(80)69-43(17-11-23-65-58(61)62)53(82)70-44(50(60)79)27-38-29-66-42-16-9-8-15-41(38)42)14-10-22-64-52(81)45(25-35-12-6-5-7-13-35)71-56(85)49(33(3)75)73-54(83)47(30-67-59(63)87)72-55(84)48-28-40(78)31-74(48)57(86)46(68-34(4)76)26-36-18-20-39(77)21-19-36/h8-10,14-16,18-21,29,32-33,35,37,40,43-49,66,75,77-78H,5-7,11-13,17,22-28,30-31H2,1-4H3,(H2,60,79)(H,64,81)(H,68,76)(H,69,80)(H,70,82)(H,71,85)(H,72,84)(H,73,83)(H4,61,62,65)(H3,63,67,87)/t33-,37+,40-,43+,44+,45+,46-,47+,48+,49+/m1/s1. The average molecular weight is 1210 g/mol. The number of phenols is 1. The number of primary amides is 2. The van der Waals surface area contributed by atoms with Crippen LogP contribution < -0.4 is 65.5 Å². The molecule has 1 saturated carbocycles. The molecule has 20 N–H and O–H groups in total. The Kier molecular flexibility index (Phi) is 26.8. The molecule has 2 fully saturated rings. The Balaban J connectivity index is 1.28. The first-order valence-electron chi connectivity index (χ1n) is 29.4. The van der Waals surface area contributed by atoms with Crippen LogP contribution in [0.25, 0.3) is 10.9 Å². The minimum atomic E-state index is -1.74. The third-order valence-electron chi connectivity index (χ3n) is 15.2. The number of fused-ring (bicyclic) bond motifs is 1. The molecular weight excluding hydrogens is 1130 g/mol. The molecule has 28 nitrogen and oxygen atoms in total. The monoisotopic (exact) mass is 1210 g/mol. The fraction of sp³-hybridized carbons (Fsp3) is 0.542. The Morgan fingerprint density at radius 2 is 1.41 bits per heavy atom. The van der Waals surface area contributed by atoms with E-state index in [0.717, 1.165) is 53.5 Å². The number of nitrogens with two attached hydrogens (primary N) is 4. The van der Waals surface area contributed by atoms with Crippen molar-refractivity contribution in [3.63, 3.8) is 0 Å². The summed E-state index contributed by atoms with van der Waals surface area (Å²) >= 11 is 0. The second-order valence-electron chi connectivity index (χ2n) is 22.8. The number of amides is 11. The normalized spacial score (nSPS) is 17.9. The topological polar surface area (TPSA) is 463 Å². The van der Waals surface area contributed by atoms with Crippen molar-refractivity contribution in [1.29, 1.82) is 0 Å². The van der Waals surface area contributed by atoms with Gasteiger partial charge in [0.25, 0.3) is 0 Å². The van der Waals surface area contributed by atoms with Gasteiger partial charge in [-0.3, -0.25) is 48.1 Å². The van der Waals surface area contributed by atoms with Crippen LogP contribution in [0.5, 0.6) is 5.75 Å². The fourth-order valence-electron chi connectivity index (χ4n) is 10.8. The molecule has 87 heavy (non-hydrogen) atoms. The molecule has 0 spiro atoms. The summed E-state index contributed by atoms with van der Waals surface area (Å²) in [7, 11) is 0. The van der Waals surface area contributed by atoms with E-state index in [-0.39, 0.29) is 81.7 Å². The van der Waals surface area contributed by atoms with Gasteiger partial charge in [-0.15, -0.1) is 0 Å². The first-order valence-corrected chi connectivity index (χ1v) is 29.4. The molecule has 1 aliphatic carbocycles. The van der Waals surface area contributed by atoms with Crippen LogP contribution in [0.4, 0.5) is 4.79 Å². The van der Waals surface area contributed by atoms with E-state index in [1.165, 1.54) is 26.0 Å². The van der Waals surface area contributed by atoms with E-state index in [1.807, 2.05) is 38.1 Å². The van der Waals surface area contributed by atoms with Crippen LogP contribution >= 0.6 is 0 Å². The number of carbonyl (C=O) groups excluding carboxylic acids is 10. The lowest BCUT2D eigenvalue weighted by Gasteiger charge is -2.31. The van der Waals surface area contributed by atoms with Crippen LogP contribution in [-0.4, -0.2) is 171 Å². The van der Waals surface area contributed by atoms with Gasteiger partial charge in [0.05, 0.1) is 18.1 Å². The number of H-pyrrole nitrogens is 1.